The maximum absolute atomic E-state index is 5.70. The zero-order valence-electron chi connectivity index (χ0n) is 6.90. The van der Waals surface area contributed by atoms with Crippen molar-refractivity contribution in [3.05, 3.63) is 12.3 Å². The summed E-state index contributed by atoms with van der Waals surface area (Å²) in [6.45, 7) is 3.17. The highest BCUT2D eigenvalue weighted by atomic mass is 15.3. The van der Waals surface area contributed by atoms with E-state index >= 15 is 0 Å². The molecule has 0 saturated heterocycles. The number of unbranched alkanes of at least 4 members (excludes halogenated alkanes) is 1. The lowest BCUT2D eigenvalue weighted by molar-refractivity contribution is 0.283. The summed E-state index contributed by atoms with van der Waals surface area (Å²) in [6, 6.07) is 0. The van der Waals surface area contributed by atoms with Crippen molar-refractivity contribution in [1.82, 2.24) is 4.90 Å². The molecule has 0 amide bonds. The van der Waals surface area contributed by atoms with Gasteiger partial charge in [0.2, 0.25) is 0 Å². The van der Waals surface area contributed by atoms with Crippen molar-refractivity contribution >= 4 is 6.21 Å². The fourth-order valence-corrected chi connectivity index (χ4v) is 1.01. The Morgan fingerprint density at radius 3 is 3.09 bits per heavy atom. The Hall–Kier alpha value is -0.830. The van der Waals surface area contributed by atoms with Crippen molar-refractivity contribution in [2.45, 2.75) is 26.1 Å². The molecule has 0 spiro atoms. The topological polar surface area (TPSA) is 41.6 Å². The Bertz CT molecular complexity index is 163. The molecule has 1 aliphatic heterocycles. The third-order valence-electron chi connectivity index (χ3n) is 1.71. The minimum Gasteiger partial charge on any atom is -0.344 e. The van der Waals surface area contributed by atoms with Crippen molar-refractivity contribution in [1.29, 1.82) is 0 Å². The van der Waals surface area contributed by atoms with Crippen LogP contribution >= 0.6 is 0 Å². The van der Waals surface area contributed by atoms with Crippen LogP contribution < -0.4 is 5.73 Å². The van der Waals surface area contributed by atoms with Gasteiger partial charge in [-0.1, -0.05) is 13.3 Å². The molecule has 1 atom stereocenters. The molecule has 0 radical (unpaired) electrons. The summed E-state index contributed by atoms with van der Waals surface area (Å²) in [7, 11) is 0. The number of nitrogens with two attached hydrogens (primary N) is 1. The molecular formula is C8H15N3. The molecule has 2 N–H and O–H groups in total. The van der Waals surface area contributed by atoms with Gasteiger partial charge in [0.15, 0.2) is 6.29 Å². The average molecular weight is 153 g/mol. The van der Waals surface area contributed by atoms with Crippen molar-refractivity contribution in [2.75, 3.05) is 6.54 Å². The summed E-state index contributed by atoms with van der Waals surface area (Å²) in [6.07, 6.45) is 7.86. The Morgan fingerprint density at radius 1 is 1.64 bits per heavy atom. The molecule has 1 heterocycles. The highest BCUT2D eigenvalue weighted by Gasteiger charge is 2.08. The lowest BCUT2D eigenvalue weighted by Gasteiger charge is -2.25. The van der Waals surface area contributed by atoms with Crippen LogP contribution in [-0.2, 0) is 0 Å². The Labute approximate surface area is 67.6 Å². The first-order valence-electron chi connectivity index (χ1n) is 4.06. The molecule has 1 aliphatic rings. The van der Waals surface area contributed by atoms with E-state index in [0.717, 1.165) is 6.54 Å². The minimum absolute atomic E-state index is 0.161. The van der Waals surface area contributed by atoms with Crippen LogP contribution in [0.4, 0.5) is 0 Å². The molecule has 11 heavy (non-hydrogen) atoms. The normalized spacial score (nSPS) is 22.7. The molecule has 0 bridgehead atoms. The fourth-order valence-electron chi connectivity index (χ4n) is 1.01. The van der Waals surface area contributed by atoms with E-state index in [0.29, 0.717) is 0 Å². The Morgan fingerprint density at radius 2 is 2.45 bits per heavy atom. The molecule has 3 nitrogen and oxygen atoms in total. The van der Waals surface area contributed by atoms with Crippen molar-refractivity contribution in [3.8, 4) is 0 Å². The molecule has 0 aromatic heterocycles. The molecule has 0 aromatic carbocycles. The van der Waals surface area contributed by atoms with Gasteiger partial charge in [0, 0.05) is 19.0 Å². The van der Waals surface area contributed by atoms with Gasteiger partial charge >= 0.3 is 0 Å². The number of nitrogens with zero attached hydrogens (tertiary/aromatic N) is 2. The van der Waals surface area contributed by atoms with Gasteiger partial charge in [-0.2, -0.15) is 0 Å². The number of rotatable bonds is 3. The quantitative estimate of drug-likeness (QED) is 0.655. The van der Waals surface area contributed by atoms with E-state index in [9.17, 15) is 0 Å². The van der Waals surface area contributed by atoms with Crippen LogP contribution in [0.3, 0.4) is 0 Å². The first-order valence-corrected chi connectivity index (χ1v) is 4.06. The van der Waals surface area contributed by atoms with E-state index in [1.807, 2.05) is 17.2 Å². The van der Waals surface area contributed by atoms with Crippen LogP contribution in [-0.4, -0.2) is 23.9 Å². The molecule has 0 fully saturated rings. The van der Waals surface area contributed by atoms with Gasteiger partial charge in [-0.15, -0.1) is 0 Å². The standard InChI is InChI=1S/C8H15N3/c1-2-3-6-11-7-4-5-10-8(11)9/h4-5,7-8H,2-3,6,9H2,1H3. The second kappa shape index (κ2) is 4.13. The van der Waals surface area contributed by atoms with E-state index in [2.05, 4.69) is 11.9 Å². The first-order chi connectivity index (χ1) is 5.34. The lowest BCUT2D eigenvalue weighted by Crippen LogP contribution is -2.38. The van der Waals surface area contributed by atoms with Crippen LogP contribution in [0.25, 0.3) is 0 Å². The monoisotopic (exact) mass is 153 g/mol. The van der Waals surface area contributed by atoms with Crippen molar-refractivity contribution in [3.63, 3.8) is 0 Å². The maximum atomic E-state index is 5.70. The molecule has 1 unspecified atom stereocenters. The number of hydrogen-bond donors (Lipinski definition) is 1. The second-order valence-electron chi connectivity index (χ2n) is 2.64. The highest BCUT2D eigenvalue weighted by molar-refractivity contribution is 5.71. The van der Waals surface area contributed by atoms with E-state index in [-0.39, 0.29) is 6.29 Å². The second-order valence-corrected chi connectivity index (χ2v) is 2.64. The summed E-state index contributed by atoms with van der Waals surface area (Å²) in [5, 5.41) is 0. The molecule has 0 aromatic rings. The smallest absolute Gasteiger partial charge is 0.173 e. The number of allylic oxidation sites excluding steroid dienone is 1. The van der Waals surface area contributed by atoms with Crippen LogP contribution in [0.5, 0.6) is 0 Å². The molecule has 3 heteroatoms. The zero-order chi connectivity index (χ0) is 8.10. The highest BCUT2D eigenvalue weighted by Crippen LogP contribution is 2.02. The molecule has 62 valence electrons. The third-order valence-corrected chi connectivity index (χ3v) is 1.71. The SMILES string of the molecule is CCCCN1C=CC=NC1N. The van der Waals surface area contributed by atoms with E-state index in [4.69, 9.17) is 5.73 Å². The summed E-state index contributed by atoms with van der Waals surface area (Å²) in [5.41, 5.74) is 5.70. The maximum Gasteiger partial charge on any atom is 0.173 e. The minimum atomic E-state index is -0.161. The van der Waals surface area contributed by atoms with E-state index in [1.165, 1.54) is 12.8 Å². The van der Waals surface area contributed by atoms with Gasteiger partial charge in [-0.3, -0.25) is 10.7 Å². The van der Waals surface area contributed by atoms with Gasteiger partial charge in [-0.05, 0) is 12.5 Å². The molecule has 1 rings (SSSR count). The third kappa shape index (κ3) is 2.35. The van der Waals surface area contributed by atoms with E-state index < -0.39 is 0 Å². The Kier molecular flexibility index (Phi) is 3.11. The fraction of sp³-hybridized carbons (Fsp3) is 0.625. The van der Waals surface area contributed by atoms with Crippen molar-refractivity contribution in [2.24, 2.45) is 10.7 Å². The van der Waals surface area contributed by atoms with Crippen LogP contribution in [0.2, 0.25) is 0 Å². The number of hydrogen-bond acceptors (Lipinski definition) is 3. The summed E-state index contributed by atoms with van der Waals surface area (Å²) in [5.74, 6) is 0. The lowest BCUT2D eigenvalue weighted by atomic mass is 10.3. The van der Waals surface area contributed by atoms with Crippen molar-refractivity contribution < 1.29 is 0 Å². The average Bonchev–Trinajstić information content (AvgIpc) is 2.03. The molecule has 0 aliphatic carbocycles. The van der Waals surface area contributed by atoms with Gasteiger partial charge in [0.05, 0.1) is 0 Å². The van der Waals surface area contributed by atoms with Gasteiger partial charge in [0.1, 0.15) is 0 Å². The summed E-state index contributed by atoms with van der Waals surface area (Å²) >= 11 is 0. The summed E-state index contributed by atoms with van der Waals surface area (Å²) < 4.78 is 0. The first kappa shape index (κ1) is 8.27. The predicted octanol–water partition coefficient (Wildman–Crippen LogP) is 0.929. The van der Waals surface area contributed by atoms with E-state index in [1.54, 1.807) is 6.21 Å². The largest absolute Gasteiger partial charge is 0.344 e. The summed E-state index contributed by atoms with van der Waals surface area (Å²) in [4.78, 5) is 6.10. The number of aliphatic imine (C=N–C) groups is 1. The zero-order valence-corrected chi connectivity index (χ0v) is 6.90. The van der Waals surface area contributed by atoms with Crippen LogP contribution in [0, 0.1) is 0 Å². The molecular weight excluding hydrogens is 138 g/mol. The molecule has 0 saturated carbocycles. The van der Waals surface area contributed by atoms with Gasteiger partial charge in [0.25, 0.3) is 0 Å². The van der Waals surface area contributed by atoms with Crippen LogP contribution in [0.15, 0.2) is 17.3 Å². The van der Waals surface area contributed by atoms with Gasteiger partial charge in [-0.25, -0.2) is 0 Å². The Balaban J connectivity index is 2.33. The van der Waals surface area contributed by atoms with Crippen LogP contribution in [0.1, 0.15) is 19.8 Å². The predicted molar refractivity (Wildman–Crippen MR) is 47.2 cm³/mol. The van der Waals surface area contributed by atoms with Gasteiger partial charge < -0.3 is 4.90 Å².